The number of rotatable bonds is 5. The fourth-order valence-electron chi connectivity index (χ4n) is 2.98. The molecule has 1 aromatic carbocycles. The van der Waals surface area contributed by atoms with Crippen molar-refractivity contribution in [2.75, 3.05) is 6.54 Å². The van der Waals surface area contributed by atoms with Gasteiger partial charge < -0.3 is 10.1 Å². The van der Waals surface area contributed by atoms with E-state index in [-0.39, 0.29) is 0 Å². The van der Waals surface area contributed by atoms with Gasteiger partial charge in [-0.1, -0.05) is 13.0 Å². The average molecular weight is 261 g/mol. The van der Waals surface area contributed by atoms with Crippen molar-refractivity contribution >= 4 is 0 Å². The van der Waals surface area contributed by atoms with Gasteiger partial charge in [-0.05, 0) is 75.8 Å². The fourth-order valence-corrected chi connectivity index (χ4v) is 2.98. The van der Waals surface area contributed by atoms with E-state index in [0.717, 1.165) is 18.7 Å². The highest BCUT2D eigenvalue weighted by Crippen LogP contribution is 2.25. The van der Waals surface area contributed by atoms with Crippen molar-refractivity contribution in [3.63, 3.8) is 0 Å². The molecular formula is C17H27NO. The van der Waals surface area contributed by atoms with Crippen molar-refractivity contribution in [3.05, 3.63) is 29.3 Å². The van der Waals surface area contributed by atoms with Crippen molar-refractivity contribution in [2.45, 2.75) is 65.0 Å². The Hall–Kier alpha value is -1.02. The van der Waals surface area contributed by atoms with Crippen LogP contribution in [0.4, 0.5) is 0 Å². The zero-order valence-electron chi connectivity index (χ0n) is 12.5. The monoisotopic (exact) mass is 261 g/mol. The fraction of sp³-hybridized carbons (Fsp3) is 0.647. The Bertz CT molecular complexity index is 382. The first-order valence-electron chi connectivity index (χ1n) is 7.65. The second kappa shape index (κ2) is 6.95. The summed E-state index contributed by atoms with van der Waals surface area (Å²) in [7, 11) is 0. The molecule has 0 aromatic heterocycles. The van der Waals surface area contributed by atoms with Crippen LogP contribution in [-0.2, 0) is 0 Å². The molecule has 2 rings (SSSR count). The maximum atomic E-state index is 6.19. The zero-order chi connectivity index (χ0) is 13.7. The predicted octanol–water partition coefficient (Wildman–Crippen LogP) is 3.99. The lowest BCUT2D eigenvalue weighted by Gasteiger charge is -2.30. The van der Waals surface area contributed by atoms with Crippen molar-refractivity contribution < 1.29 is 4.74 Å². The van der Waals surface area contributed by atoms with Gasteiger partial charge in [-0.3, -0.25) is 0 Å². The molecule has 2 atom stereocenters. The Morgan fingerprint density at radius 2 is 1.89 bits per heavy atom. The van der Waals surface area contributed by atoms with E-state index in [9.17, 15) is 0 Å². The van der Waals surface area contributed by atoms with E-state index in [1.807, 2.05) is 0 Å². The molecule has 1 aromatic rings. The lowest BCUT2D eigenvalue weighted by atomic mass is 9.92. The molecule has 106 valence electrons. The molecule has 0 amide bonds. The molecule has 1 aliphatic rings. The molecule has 0 saturated heterocycles. The Balaban J connectivity index is 1.91. The second-order valence-corrected chi connectivity index (χ2v) is 5.88. The van der Waals surface area contributed by atoms with Gasteiger partial charge in [0.05, 0.1) is 0 Å². The van der Waals surface area contributed by atoms with Crippen LogP contribution in [0.3, 0.4) is 0 Å². The van der Waals surface area contributed by atoms with E-state index in [1.165, 1.54) is 36.8 Å². The summed E-state index contributed by atoms with van der Waals surface area (Å²) >= 11 is 0. The van der Waals surface area contributed by atoms with Crippen molar-refractivity contribution in [1.29, 1.82) is 0 Å². The Morgan fingerprint density at radius 3 is 2.58 bits per heavy atom. The molecular weight excluding hydrogens is 234 g/mol. The Morgan fingerprint density at radius 1 is 1.16 bits per heavy atom. The summed E-state index contributed by atoms with van der Waals surface area (Å²) in [5, 5.41) is 3.63. The minimum atomic E-state index is 0.379. The van der Waals surface area contributed by atoms with Crippen LogP contribution in [0.15, 0.2) is 18.2 Å². The van der Waals surface area contributed by atoms with E-state index >= 15 is 0 Å². The van der Waals surface area contributed by atoms with Gasteiger partial charge in [-0.15, -0.1) is 0 Å². The van der Waals surface area contributed by atoms with Crippen LogP contribution in [-0.4, -0.2) is 18.7 Å². The first-order valence-corrected chi connectivity index (χ1v) is 7.65. The number of benzene rings is 1. The summed E-state index contributed by atoms with van der Waals surface area (Å²) in [6, 6.07) is 7.13. The molecule has 0 radical (unpaired) electrons. The molecule has 0 bridgehead atoms. The third-order valence-corrected chi connectivity index (χ3v) is 3.81. The first-order chi connectivity index (χ1) is 9.17. The second-order valence-electron chi connectivity index (χ2n) is 5.88. The van der Waals surface area contributed by atoms with Crippen LogP contribution in [0.5, 0.6) is 5.75 Å². The Kier molecular flexibility index (Phi) is 5.26. The van der Waals surface area contributed by atoms with Gasteiger partial charge in [0.2, 0.25) is 0 Å². The van der Waals surface area contributed by atoms with Crippen molar-refractivity contribution in [1.82, 2.24) is 5.32 Å². The molecule has 19 heavy (non-hydrogen) atoms. The van der Waals surface area contributed by atoms with Crippen LogP contribution in [0.25, 0.3) is 0 Å². The summed E-state index contributed by atoms with van der Waals surface area (Å²) in [5.41, 5.74) is 2.57. The zero-order valence-corrected chi connectivity index (χ0v) is 12.5. The first kappa shape index (κ1) is 14.4. The highest BCUT2D eigenvalue weighted by molar-refractivity contribution is 5.33. The minimum Gasteiger partial charge on any atom is -0.490 e. The van der Waals surface area contributed by atoms with E-state index < -0.39 is 0 Å². The number of hydrogen-bond donors (Lipinski definition) is 1. The van der Waals surface area contributed by atoms with Crippen molar-refractivity contribution in [2.24, 2.45) is 0 Å². The topological polar surface area (TPSA) is 21.3 Å². The van der Waals surface area contributed by atoms with Crippen LogP contribution in [0.2, 0.25) is 0 Å². The summed E-state index contributed by atoms with van der Waals surface area (Å²) in [5.74, 6) is 1.04. The van der Waals surface area contributed by atoms with Gasteiger partial charge in [0.1, 0.15) is 11.9 Å². The summed E-state index contributed by atoms with van der Waals surface area (Å²) in [4.78, 5) is 0. The van der Waals surface area contributed by atoms with Crippen LogP contribution < -0.4 is 10.1 Å². The maximum Gasteiger partial charge on any atom is 0.120 e. The molecule has 1 aliphatic carbocycles. The third kappa shape index (κ3) is 4.54. The number of aryl methyl sites for hydroxylation is 2. The molecule has 0 aliphatic heterocycles. The quantitative estimate of drug-likeness (QED) is 0.865. The van der Waals surface area contributed by atoms with Gasteiger partial charge in [0.25, 0.3) is 0 Å². The highest BCUT2D eigenvalue weighted by atomic mass is 16.5. The van der Waals surface area contributed by atoms with Gasteiger partial charge >= 0.3 is 0 Å². The highest BCUT2D eigenvalue weighted by Gasteiger charge is 2.22. The molecule has 2 nitrogen and oxygen atoms in total. The van der Waals surface area contributed by atoms with Crippen LogP contribution >= 0.6 is 0 Å². The maximum absolute atomic E-state index is 6.19. The van der Waals surface area contributed by atoms with Gasteiger partial charge in [0, 0.05) is 6.04 Å². The molecule has 2 heteroatoms. The van der Waals surface area contributed by atoms with E-state index in [4.69, 9.17) is 4.74 Å². The predicted molar refractivity (Wildman–Crippen MR) is 80.9 cm³/mol. The molecule has 0 spiro atoms. The number of nitrogens with one attached hydrogen (secondary N) is 1. The summed E-state index contributed by atoms with van der Waals surface area (Å²) in [6.07, 6.45) is 6.50. The molecule has 1 N–H and O–H groups in total. The van der Waals surface area contributed by atoms with Crippen molar-refractivity contribution in [3.8, 4) is 5.75 Å². The molecule has 2 unspecified atom stereocenters. The third-order valence-electron chi connectivity index (χ3n) is 3.81. The Labute approximate surface area is 117 Å². The average Bonchev–Trinajstić information content (AvgIpc) is 2.35. The van der Waals surface area contributed by atoms with Crippen LogP contribution in [0.1, 0.15) is 50.2 Å². The SMILES string of the molecule is CCCNC1CCCC(Oc2cc(C)cc(C)c2)C1. The van der Waals surface area contributed by atoms with E-state index in [2.05, 4.69) is 44.3 Å². The summed E-state index contributed by atoms with van der Waals surface area (Å²) in [6.45, 7) is 7.61. The minimum absolute atomic E-state index is 0.379. The van der Waals surface area contributed by atoms with E-state index in [1.54, 1.807) is 0 Å². The lowest BCUT2D eigenvalue weighted by Crippen LogP contribution is -2.38. The van der Waals surface area contributed by atoms with Gasteiger partial charge in [-0.25, -0.2) is 0 Å². The smallest absolute Gasteiger partial charge is 0.120 e. The summed E-state index contributed by atoms with van der Waals surface area (Å²) < 4.78 is 6.19. The largest absolute Gasteiger partial charge is 0.490 e. The molecule has 0 heterocycles. The molecule has 1 saturated carbocycles. The molecule has 1 fully saturated rings. The number of ether oxygens (including phenoxy) is 1. The van der Waals surface area contributed by atoms with E-state index in [0.29, 0.717) is 12.1 Å². The lowest BCUT2D eigenvalue weighted by molar-refractivity contribution is 0.134. The normalized spacial score (nSPS) is 23.3. The van der Waals surface area contributed by atoms with Gasteiger partial charge in [-0.2, -0.15) is 0 Å². The standard InChI is InChI=1S/C17H27NO/c1-4-8-18-15-6-5-7-16(12-15)19-17-10-13(2)9-14(3)11-17/h9-11,15-16,18H,4-8,12H2,1-3H3. The van der Waals surface area contributed by atoms with Crippen LogP contribution in [0, 0.1) is 13.8 Å². The van der Waals surface area contributed by atoms with Gasteiger partial charge in [0.15, 0.2) is 0 Å². The number of hydrogen-bond acceptors (Lipinski definition) is 2.